The molecule has 0 aromatic heterocycles. The molecule has 8 rings (SSSR count). The first-order chi connectivity index (χ1) is 31.7. The van der Waals surface area contributed by atoms with Crippen LogP contribution in [0.25, 0.3) is 6.08 Å². The van der Waals surface area contributed by atoms with Crippen molar-refractivity contribution in [3.63, 3.8) is 0 Å². The van der Waals surface area contributed by atoms with Crippen molar-refractivity contribution in [1.82, 2.24) is 0 Å². The summed E-state index contributed by atoms with van der Waals surface area (Å²) < 4.78 is 62.2. The molecule has 374 valence electrons. The van der Waals surface area contributed by atoms with Crippen molar-refractivity contribution in [3.05, 3.63) is 53.6 Å². The smallest absolute Gasteiger partial charge is 0.331 e. The molecule has 1 aromatic rings. The van der Waals surface area contributed by atoms with Gasteiger partial charge in [-0.3, -0.25) is 4.79 Å². The maximum absolute atomic E-state index is 13.6. The molecule has 67 heavy (non-hydrogen) atoms. The van der Waals surface area contributed by atoms with Gasteiger partial charge in [-0.1, -0.05) is 48.9 Å². The van der Waals surface area contributed by atoms with E-state index in [9.17, 15) is 30.0 Å². The Bertz CT molecular complexity index is 1980. The van der Waals surface area contributed by atoms with Crippen molar-refractivity contribution in [3.8, 4) is 0 Å². The molecular weight excluding hydrogens is 869 g/mol. The van der Waals surface area contributed by atoms with Crippen molar-refractivity contribution >= 4 is 17.8 Å². The largest absolute Gasteiger partial charge is 0.458 e. The molecule has 1 aromatic carbocycles. The highest BCUT2D eigenvalue weighted by Crippen LogP contribution is 2.71. The molecule has 20 atom stereocenters. The van der Waals surface area contributed by atoms with Crippen LogP contribution in [0.3, 0.4) is 0 Å². The Morgan fingerprint density at radius 2 is 1.31 bits per heavy atom. The number of ether oxygens (including phenoxy) is 10. The van der Waals surface area contributed by atoms with Crippen molar-refractivity contribution in [2.24, 2.45) is 16.7 Å². The van der Waals surface area contributed by atoms with Gasteiger partial charge in [0.2, 0.25) is 0 Å². The lowest BCUT2D eigenvalue weighted by molar-refractivity contribution is -0.338. The normalized spacial score (nSPS) is 47.7. The lowest BCUT2D eigenvalue weighted by Gasteiger charge is -2.67. The van der Waals surface area contributed by atoms with Gasteiger partial charge in [0.1, 0.15) is 41.2 Å². The van der Waals surface area contributed by atoms with Crippen LogP contribution in [0.15, 0.2) is 48.1 Å². The summed E-state index contributed by atoms with van der Waals surface area (Å²) in [5, 5.41) is 48.4. The lowest BCUT2D eigenvalue weighted by atomic mass is 9.42. The number of methoxy groups -OCH3 is 3. The van der Waals surface area contributed by atoms with E-state index in [4.69, 9.17) is 47.4 Å². The molecule has 4 N–H and O–H groups in total. The van der Waals surface area contributed by atoms with Gasteiger partial charge in [0.05, 0.1) is 48.1 Å². The average molecular weight is 943 g/mol. The zero-order valence-electron chi connectivity index (χ0n) is 40.5. The van der Waals surface area contributed by atoms with Gasteiger partial charge in [0.15, 0.2) is 24.7 Å². The monoisotopic (exact) mass is 942 g/mol. The minimum atomic E-state index is -2.04. The molecule has 6 fully saturated rings. The minimum Gasteiger partial charge on any atom is -0.458 e. The third kappa shape index (κ3) is 8.82. The van der Waals surface area contributed by atoms with E-state index in [2.05, 4.69) is 6.92 Å². The third-order valence-electron chi connectivity index (χ3n) is 17.4. The first-order valence-electron chi connectivity index (χ1n) is 24.3. The van der Waals surface area contributed by atoms with Crippen LogP contribution in [0.2, 0.25) is 0 Å². The molecule has 4 aliphatic carbocycles. The Morgan fingerprint density at radius 1 is 0.746 bits per heavy atom. The Morgan fingerprint density at radius 3 is 1.90 bits per heavy atom. The number of Topliss-reactive ketones (excluding diaryl/α,β-unsaturated/α-hetero) is 1. The van der Waals surface area contributed by atoms with Crippen LogP contribution >= 0.6 is 0 Å². The van der Waals surface area contributed by atoms with Crippen molar-refractivity contribution in [2.45, 2.75) is 209 Å². The topological polar surface area (TPSA) is 207 Å². The third-order valence-corrected chi connectivity index (χ3v) is 17.4. The molecule has 3 saturated heterocycles. The zero-order chi connectivity index (χ0) is 48.3. The minimum absolute atomic E-state index is 0.0425. The average Bonchev–Trinajstić information content (AvgIpc) is 3.53. The Labute approximate surface area is 394 Å². The van der Waals surface area contributed by atoms with E-state index in [1.807, 2.05) is 50.3 Å². The van der Waals surface area contributed by atoms with Gasteiger partial charge in [-0.05, 0) is 96.6 Å². The Balaban J connectivity index is 0.922. The second-order valence-electron chi connectivity index (χ2n) is 20.7. The van der Waals surface area contributed by atoms with Gasteiger partial charge >= 0.3 is 5.97 Å². The molecule has 0 amide bonds. The lowest BCUT2D eigenvalue weighted by Crippen LogP contribution is -2.78. The highest BCUT2D eigenvalue weighted by atomic mass is 16.7. The quantitative estimate of drug-likeness (QED) is 0.120. The van der Waals surface area contributed by atoms with Gasteiger partial charge in [0, 0.05) is 52.6 Å². The van der Waals surface area contributed by atoms with Crippen LogP contribution in [0.4, 0.5) is 0 Å². The van der Waals surface area contributed by atoms with Crippen molar-refractivity contribution < 1.29 is 77.4 Å². The van der Waals surface area contributed by atoms with Crippen LogP contribution in [-0.4, -0.2) is 156 Å². The van der Waals surface area contributed by atoms with E-state index in [1.165, 1.54) is 13.0 Å². The summed E-state index contributed by atoms with van der Waals surface area (Å²) in [6, 6.07) is 9.31. The number of hydrogen-bond acceptors (Lipinski definition) is 16. The van der Waals surface area contributed by atoms with Crippen molar-refractivity contribution in [1.29, 1.82) is 0 Å². The number of esters is 1. The maximum Gasteiger partial charge on any atom is 0.331 e. The fourth-order valence-corrected chi connectivity index (χ4v) is 13.3. The molecule has 0 bridgehead atoms. The number of benzene rings is 1. The second kappa shape index (κ2) is 19.5. The summed E-state index contributed by atoms with van der Waals surface area (Å²) in [4.78, 5) is 26.9. The molecule has 3 aliphatic heterocycles. The van der Waals surface area contributed by atoms with E-state index in [0.29, 0.717) is 38.5 Å². The summed E-state index contributed by atoms with van der Waals surface area (Å²) in [5.74, 6) is -1.78. The molecule has 0 radical (unpaired) electrons. The van der Waals surface area contributed by atoms with Crippen LogP contribution in [0.1, 0.15) is 111 Å². The summed E-state index contributed by atoms with van der Waals surface area (Å²) in [6.07, 6.45) is 0.686. The number of rotatable bonds is 13. The Kier molecular flexibility index (Phi) is 14.8. The molecule has 0 spiro atoms. The molecule has 0 unspecified atom stereocenters. The standard InChI is InChI=1S/C51H74O16/c1-28-44(54)35(58-7)24-42(61-28)66-46-30(3)63-43(26-37(46)60-9)67-45-29(2)62-41(25-36(45)59-8)64-34-18-19-47(5)33(23-34)17-20-50(56)38(47)27-39(65-40(53)16-15-32-13-11-10-12-14-32)48(6)49(55,31(4)52)21-22-51(48,50)57/h10-17,28-30,34-39,41-46,54-57H,18-27H2,1-9H3/b16-15+/t28-,29-,30+,34+,35+,36+,37+,38-,39-,41+,42+,43+,44-,45-,46-,47+,48-,49-,50+,51+/m1/s1. The van der Waals surface area contributed by atoms with Crippen LogP contribution in [0, 0.1) is 16.7 Å². The Hall–Kier alpha value is -2.68. The van der Waals surface area contributed by atoms with Crippen molar-refractivity contribution in [2.75, 3.05) is 21.3 Å². The van der Waals surface area contributed by atoms with Crippen LogP contribution in [-0.2, 0) is 57.0 Å². The highest BCUT2D eigenvalue weighted by molar-refractivity contribution is 5.88. The fourth-order valence-electron chi connectivity index (χ4n) is 13.3. The summed E-state index contributed by atoms with van der Waals surface area (Å²) in [7, 11) is 4.84. The number of fused-ring (bicyclic) bond motifs is 5. The van der Waals surface area contributed by atoms with E-state index >= 15 is 0 Å². The number of aliphatic hydroxyl groups is 4. The first kappa shape index (κ1) is 50.7. The first-order valence-corrected chi connectivity index (χ1v) is 24.3. The summed E-state index contributed by atoms with van der Waals surface area (Å²) in [6.45, 7) is 10.6. The maximum atomic E-state index is 13.6. The van der Waals surface area contributed by atoms with E-state index in [-0.39, 0.29) is 44.0 Å². The van der Waals surface area contributed by atoms with Gasteiger partial charge in [0.25, 0.3) is 0 Å². The number of carbonyl (C=O) groups is 2. The van der Waals surface area contributed by atoms with E-state index in [1.54, 1.807) is 41.3 Å². The number of ketones is 1. The van der Waals surface area contributed by atoms with Gasteiger partial charge < -0.3 is 67.8 Å². The zero-order valence-corrected chi connectivity index (χ0v) is 40.5. The molecule has 16 heteroatoms. The fraction of sp³-hybridized carbons (Fsp3) is 0.765. The number of hydrogen-bond donors (Lipinski definition) is 4. The van der Waals surface area contributed by atoms with Gasteiger partial charge in [-0.25, -0.2) is 4.79 Å². The molecule has 3 saturated carbocycles. The van der Waals surface area contributed by atoms with Gasteiger partial charge in [-0.15, -0.1) is 0 Å². The number of carbonyl (C=O) groups excluding carboxylic acids is 2. The predicted octanol–water partition coefficient (Wildman–Crippen LogP) is 4.70. The molecular formula is C51H74O16. The van der Waals surface area contributed by atoms with Crippen LogP contribution in [0.5, 0.6) is 0 Å². The predicted molar refractivity (Wildman–Crippen MR) is 241 cm³/mol. The number of aliphatic hydroxyl groups excluding tert-OH is 1. The van der Waals surface area contributed by atoms with E-state index in [0.717, 1.165) is 11.1 Å². The summed E-state index contributed by atoms with van der Waals surface area (Å²) >= 11 is 0. The van der Waals surface area contributed by atoms with Gasteiger partial charge in [-0.2, -0.15) is 0 Å². The molecule has 16 nitrogen and oxygen atoms in total. The van der Waals surface area contributed by atoms with E-state index < -0.39 is 113 Å². The summed E-state index contributed by atoms with van der Waals surface area (Å²) in [5.41, 5.74) is -6.17. The SMILES string of the molecule is CO[C@H]1C[C@H](O[C@@H]2[C@H](C)O[C@@H](O[C@H]3[C@@H](OC)C[C@H](O[C@H]4CC[C@@]5(C)C(=CC[C@]6(O)[C@@H]5C[C@@H](OC(=O)/C=C/c5ccccc5)[C@@]5(C)[C@@]6(O)CC[C@@]5(O)C(C)=O)C4)O[C@@H]3C)C[C@@H]2OC)O[C@H](C)[C@H]1O. The van der Waals surface area contributed by atoms with Crippen LogP contribution < -0.4 is 0 Å². The second-order valence-corrected chi connectivity index (χ2v) is 20.7. The highest BCUT2D eigenvalue weighted by Gasteiger charge is 2.81. The molecule has 7 aliphatic rings. The molecule has 3 heterocycles.